The van der Waals surface area contributed by atoms with Gasteiger partial charge in [0.1, 0.15) is 11.3 Å². The number of aromatic nitrogens is 4. The lowest BCUT2D eigenvalue weighted by Gasteiger charge is -2.04. The molecule has 2 heterocycles. The Balaban J connectivity index is 1.80. The first-order valence-electron chi connectivity index (χ1n) is 5.63. The third-order valence-corrected chi connectivity index (χ3v) is 2.89. The highest BCUT2D eigenvalue weighted by Gasteiger charge is 2.09. The van der Waals surface area contributed by atoms with Crippen LogP contribution in [0.2, 0.25) is 0 Å². The van der Waals surface area contributed by atoms with Crippen molar-refractivity contribution in [2.24, 2.45) is 5.92 Å². The second kappa shape index (κ2) is 4.01. The normalized spacial score (nSPS) is 15.1. The lowest BCUT2D eigenvalue weighted by Crippen LogP contribution is -2.03. The van der Waals surface area contributed by atoms with Gasteiger partial charge in [-0.1, -0.05) is 24.3 Å². The molecule has 0 unspecified atom stereocenters. The van der Waals surface area contributed by atoms with E-state index in [0.717, 1.165) is 24.2 Å². The average Bonchev–Trinajstić information content (AvgIpc) is 2.97. The maximum absolute atomic E-state index is 5.83. The van der Waals surface area contributed by atoms with Crippen molar-refractivity contribution in [3.8, 4) is 0 Å². The minimum Gasteiger partial charge on any atom is -0.382 e. The van der Waals surface area contributed by atoms with Gasteiger partial charge in [-0.25, -0.2) is 15.0 Å². The van der Waals surface area contributed by atoms with E-state index < -0.39 is 0 Å². The topological polar surface area (TPSA) is 80.5 Å². The lowest BCUT2D eigenvalue weighted by atomic mass is 10.1. The Morgan fingerprint density at radius 1 is 1.24 bits per heavy atom. The Bertz CT molecular complexity index is 584. The molecule has 86 valence electrons. The van der Waals surface area contributed by atoms with Crippen LogP contribution in [0.15, 0.2) is 30.6 Å². The van der Waals surface area contributed by atoms with Crippen molar-refractivity contribution in [3.05, 3.63) is 36.5 Å². The minimum atomic E-state index is 0.472. The van der Waals surface area contributed by atoms with Gasteiger partial charge < -0.3 is 10.7 Å². The van der Waals surface area contributed by atoms with Crippen molar-refractivity contribution in [2.75, 3.05) is 5.73 Å². The van der Waals surface area contributed by atoms with E-state index in [9.17, 15) is 0 Å². The summed E-state index contributed by atoms with van der Waals surface area (Å²) in [6.07, 6.45) is 11.9. The number of hydrogen-bond acceptors (Lipinski definition) is 4. The van der Waals surface area contributed by atoms with Gasteiger partial charge in [-0.2, -0.15) is 0 Å². The predicted molar refractivity (Wildman–Crippen MR) is 66.2 cm³/mol. The van der Waals surface area contributed by atoms with Crippen LogP contribution in [0.3, 0.4) is 0 Å². The predicted octanol–water partition coefficient (Wildman–Crippen LogP) is 1.61. The second-order valence-corrected chi connectivity index (χ2v) is 4.10. The number of nitrogens with zero attached hydrogens (tertiary/aromatic N) is 3. The van der Waals surface area contributed by atoms with Gasteiger partial charge in [0.15, 0.2) is 11.5 Å². The lowest BCUT2D eigenvalue weighted by molar-refractivity contribution is 0.691. The van der Waals surface area contributed by atoms with Crippen LogP contribution in [0.25, 0.3) is 11.2 Å². The van der Waals surface area contributed by atoms with Crippen LogP contribution in [-0.4, -0.2) is 19.9 Å². The van der Waals surface area contributed by atoms with E-state index in [4.69, 9.17) is 5.73 Å². The Morgan fingerprint density at radius 3 is 2.88 bits per heavy atom. The van der Waals surface area contributed by atoms with E-state index in [1.54, 1.807) is 6.33 Å². The largest absolute Gasteiger partial charge is 0.382 e. The van der Waals surface area contributed by atoms with Crippen molar-refractivity contribution < 1.29 is 0 Å². The molecule has 5 nitrogen and oxygen atoms in total. The monoisotopic (exact) mass is 227 g/mol. The standard InChI is InChI=1S/C12H13N5/c13-11-10-12(15-7-14-10)17-9(16-11)6-5-8-3-1-2-4-8/h1-4,7-8H,5-6H2,(H3,13,14,15,16,17). The maximum atomic E-state index is 5.83. The zero-order valence-corrected chi connectivity index (χ0v) is 9.30. The Kier molecular flexibility index (Phi) is 2.36. The van der Waals surface area contributed by atoms with Gasteiger partial charge >= 0.3 is 0 Å². The third kappa shape index (κ3) is 1.91. The van der Waals surface area contributed by atoms with E-state index in [-0.39, 0.29) is 0 Å². The van der Waals surface area contributed by atoms with Crippen molar-refractivity contribution in [2.45, 2.75) is 12.8 Å². The third-order valence-electron chi connectivity index (χ3n) is 2.89. The van der Waals surface area contributed by atoms with Gasteiger partial charge in [0.05, 0.1) is 6.33 Å². The van der Waals surface area contributed by atoms with Crippen molar-refractivity contribution in [1.82, 2.24) is 19.9 Å². The molecule has 0 bridgehead atoms. The maximum Gasteiger partial charge on any atom is 0.183 e. The molecular formula is C12H13N5. The molecule has 1 aliphatic carbocycles. The fourth-order valence-corrected chi connectivity index (χ4v) is 1.98. The van der Waals surface area contributed by atoms with Gasteiger partial charge in [-0.3, -0.25) is 0 Å². The molecule has 5 heteroatoms. The van der Waals surface area contributed by atoms with Crippen LogP contribution >= 0.6 is 0 Å². The highest BCUT2D eigenvalue weighted by Crippen LogP contribution is 2.17. The summed E-state index contributed by atoms with van der Waals surface area (Å²) in [6, 6.07) is 0. The number of H-pyrrole nitrogens is 1. The fourth-order valence-electron chi connectivity index (χ4n) is 1.98. The average molecular weight is 227 g/mol. The second-order valence-electron chi connectivity index (χ2n) is 4.10. The number of aryl methyl sites for hydroxylation is 1. The molecule has 2 aromatic heterocycles. The molecule has 2 aromatic rings. The van der Waals surface area contributed by atoms with Gasteiger partial charge in [-0.15, -0.1) is 0 Å². The molecular weight excluding hydrogens is 214 g/mol. The van der Waals surface area contributed by atoms with Crippen LogP contribution in [0.5, 0.6) is 0 Å². The number of allylic oxidation sites excluding steroid dienone is 4. The Labute approximate surface area is 98.5 Å². The highest BCUT2D eigenvalue weighted by molar-refractivity contribution is 5.80. The Hall–Kier alpha value is -2.17. The molecule has 0 radical (unpaired) electrons. The number of nitrogens with one attached hydrogen (secondary N) is 1. The van der Waals surface area contributed by atoms with Gasteiger partial charge in [0, 0.05) is 6.42 Å². The number of anilines is 1. The number of nitrogens with two attached hydrogens (primary N) is 1. The zero-order valence-electron chi connectivity index (χ0n) is 9.30. The molecule has 17 heavy (non-hydrogen) atoms. The molecule has 0 atom stereocenters. The van der Waals surface area contributed by atoms with Crippen LogP contribution in [0.1, 0.15) is 12.2 Å². The van der Waals surface area contributed by atoms with E-state index in [2.05, 4.69) is 44.2 Å². The first-order chi connectivity index (χ1) is 8.33. The number of aromatic amines is 1. The smallest absolute Gasteiger partial charge is 0.183 e. The summed E-state index contributed by atoms with van der Waals surface area (Å²) in [5.41, 5.74) is 7.20. The van der Waals surface area contributed by atoms with E-state index in [1.165, 1.54) is 0 Å². The van der Waals surface area contributed by atoms with Gasteiger partial charge in [0.2, 0.25) is 0 Å². The van der Waals surface area contributed by atoms with E-state index >= 15 is 0 Å². The van der Waals surface area contributed by atoms with Crippen LogP contribution in [0, 0.1) is 5.92 Å². The van der Waals surface area contributed by atoms with Gasteiger partial charge in [0.25, 0.3) is 0 Å². The SMILES string of the molecule is Nc1nc(CCC2C=CC=C2)nc2nc[nH]c12. The van der Waals surface area contributed by atoms with Crippen molar-refractivity contribution >= 4 is 17.0 Å². The molecule has 0 spiro atoms. The molecule has 0 fully saturated rings. The molecule has 3 rings (SSSR count). The number of imidazole rings is 1. The van der Waals surface area contributed by atoms with E-state index in [0.29, 0.717) is 17.4 Å². The summed E-state index contributed by atoms with van der Waals surface area (Å²) in [7, 11) is 0. The summed E-state index contributed by atoms with van der Waals surface area (Å²) >= 11 is 0. The zero-order chi connectivity index (χ0) is 11.7. The molecule has 0 aliphatic heterocycles. The summed E-state index contributed by atoms with van der Waals surface area (Å²) in [6.45, 7) is 0. The van der Waals surface area contributed by atoms with Crippen molar-refractivity contribution in [1.29, 1.82) is 0 Å². The van der Waals surface area contributed by atoms with E-state index in [1.807, 2.05) is 0 Å². The van der Waals surface area contributed by atoms with Gasteiger partial charge in [-0.05, 0) is 12.3 Å². The molecule has 0 saturated heterocycles. The summed E-state index contributed by atoms with van der Waals surface area (Å²) in [5, 5.41) is 0. The minimum absolute atomic E-state index is 0.472. The molecule has 0 aromatic carbocycles. The van der Waals surface area contributed by atoms with Crippen LogP contribution < -0.4 is 5.73 Å². The fraction of sp³-hybridized carbons (Fsp3) is 0.250. The molecule has 0 saturated carbocycles. The number of hydrogen-bond donors (Lipinski definition) is 2. The summed E-state index contributed by atoms with van der Waals surface area (Å²) < 4.78 is 0. The van der Waals surface area contributed by atoms with Crippen LogP contribution in [-0.2, 0) is 6.42 Å². The first-order valence-corrected chi connectivity index (χ1v) is 5.63. The highest BCUT2D eigenvalue weighted by atomic mass is 15.0. The molecule has 0 amide bonds. The summed E-state index contributed by atoms with van der Waals surface area (Å²) in [4.78, 5) is 15.7. The summed E-state index contributed by atoms with van der Waals surface area (Å²) in [5.74, 6) is 1.73. The number of rotatable bonds is 3. The number of nitrogen functional groups attached to an aromatic ring is 1. The number of fused-ring (bicyclic) bond motifs is 1. The molecule has 1 aliphatic rings. The van der Waals surface area contributed by atoms with Crippen molar-refractivity contribution in [3.63, 3.8) is 0 Å². The van der Waals surface area contributed by atoms with Crippen LogP contribution in [0.4, 0.5) is 5.82 Å². The first kappa shape index (κ1) is 10.0. The quantitative estimate of drug-likeness (QED) is 0.834. The molecule has 3 N–H and O–H groups in total. The Morgan fingerprint density at radius 2 is 2.06 bits per heavy atom.